The highest BCUT2D eigenvalue weighted by Gasteiger charge is 2.00. The summed E-state index contributed by atoms with van der Waals surface area (Å²) in [5, 5.41) is 0. The normalized spacial score (nSPS) is 11.2. The molecule has 2 rings (SSSR count). The van der Waals surface area contributed by atoms with Gasteiger partial charge < -0.3 is 8.83 Å². The van der Waals surface area contributed by atoms with Crippen molar-refractivity contribution >= 4 is 24.0 Å². The Hall–Kier alpha value is -3.02. The van der Waals surface area contributed by atoms with Crippen molar-refractivity contribution in [1.82, 2.24) is 10.9 Å². The molecule has 0 aliphatic carbocycles. The lowest BCUT2D eigenvalue weighted by atomic mass is 10.4. The quantitative estimate of drug-likeness (QED) is 0.670. The van der Waals surface area contributed by atoms with Crippen LogP contribution < -0.4 is 10.9 Å². The third-order valence-corrected chi connectivity index (χ3v) is 2.63. The molecule has 2 aromatic rings. The molecule has 2 aromatic heterocycles. The Morgan fingerprint density at radius 3 is 1.55 bits per heavy atom. The zero-order valence-electron chi connectivity index (χ0n) is 12.3. The Morgan fingerprint density at radius 1 is 0.818 bits per heavy atom. The molecule has 0 saturated heterocycles. The topological polar surface area (TPSA) is 84.5 Å². The summed E-state index contributed by atoms with van der Waals surface area (Å²) in [6.07, 6.45) is 5.54. The average Bonchev–Trinajstić information content (AvgIpc) is 3.09. The summed E-state index contributed by atoms with van der Waals surface area (Å²) >= 11 is 0. The molecule has 0 unspecified atom stereocenters. The lowest BCUT2D eigenvalue weighted by Gasteiger charge is -2.00. The van der Waals surface area contributed by atoms with Gasteiger partial charge in [-0.25, -0.2) is 0 Å². The minimum Gasteiger partial charge on any atom is -0.462 e. The van der Waals surface area contributed by atoms with Crippen LogP contribution in [0.25, 0.3) is 12.2 Å². The standard InChI is InChI=1S/C16H16N2O4/c1-11-3-5-13(21-11)7-9-15(19)17-18-16(20)10-8-14-6-4-12(2)22-14/h3-10H,1-2H3,(H,17,19)(H,18,20). The zero-order valence-corrected chi connectivity index (χ0v) is 12.3. The van der Waals surface area contributed by atoms with Crippen molar-refractivity contribution in [3.63, 3.8) is 0 Å². The molecule has 0 aliphatic rings. The van der Waals surface area contributed by atoms with Crippen LogP contribution in [-0.4, -0.2) is 11.8 Å². The fourth-order valence-electron chi connectivity index (χ4n) is 1.61. The van der Waals surface area contributed by atoms with Crippen LogP contribution in [0.3, 0.4) is 0 Å². The van der Waals surface area contributed by atoms with E-state index in [1.807, 2.05) is 13.8 Å². The van der Waals surface area contributed by atoms with Crippen molar-refractivity contribution in [3.8, 4) is 0 Å². The molecular weight excluding hydrogens is 284 g/mol. The van der Waals surface area contributed by atoms with Crippen molar-refractivity contribution < 1.29 is 18.4 Å². The number of hydrogen-bond donors (Lipinski definition) is 2. The predicted octanol–water partition coefficient (Wildman–Crippen LogP) is 2.36. The highest BCUT2D eigenvalue weighted by Crippen LogP contribution is 2.08. The molecule has 6 heteroatoms. The zero-order chi connectivity index (χ0) is 15.9. The van der Waals surface area contributed by atoms with E-state index < -0.39 is 11.8 Å². The number of rotatable bonds is 4. The van der Waals surface area contributed by atoms with E-state index in [1.54, 1.807) is 24.3 Å². The first-order valence-corrected chi connectivity index (χ1v) is 6.62. The molecule has 0 bridgehead atoms. The maximum atomic E-state index is 11.5. The van der Waals surface area contributed by atoms with Gasteiger partial charge in [0.05, 0.1) is 0 Å². The summed E-state index contributed by atoms with van der Waals surface area (Å²) in [5.74, 6) is 1.70. The number of amides is 2. The fourth-order valence-corrected chi connectivity index (χ4v) is 1.61. The van der Waals surface area contributed by atoms with Crippen LogP contribution in [0.15, 0.2) is 45.3 Å². The minimum absolute atomic E-state index is 0.468. The third kappa shape index (κ3) is 4.82. The van der Waals surface area contributed by atoms with Crippen LogP contribution in [0.1, 0.15) is 23.0 Å². The van der Waals surface area contributed by atoms with Crippen molar-refractivity contribution in [3.05, 3.63) is 59.5 Å². The fraction of sp³-hybridized carbons (Fsp3) is 0.125. The minimum atomic E-state index is -0.468. The molecule has 0 fully saturated rings. The van der Waals surface area contributed by atoms with Crippen LogP contribution in [0.4, 0.5) is 0 Å². The number of aryl methyl sites for hydroxylation is 2. The number of hydrazine groups is 1. The number of hydrogen-bond acceptors (Lipinski definition) is 4. The van der Waals surface area contributed by atoms with Gasteiger partial charge in [-0.2, -0.15) is 0 Å². The maximum absolute atomic E-state index is 11.5. The molecular formula is C16H16N2O4. The Labute approximate surface area is 127 Å². The highest BCUT2D eigenvalue weighted by molar-refractivity contribution is 5.96. The van der Waals surface area contributed by atoms with Crippen LogP contribution in [-0.2, 0) is 9.59 Å². The molecule has 0 aromatic carbocycles. The first-order valence-electron chi connectivity index (χ1n) is 6.62. The predicted molar refractivity (Wildman–Crippen MR) is 81.2 cm³/mol. The summed E-state index contributed by atoms with van der Waals surface area (Å²) in [7, 11) is 0. The van der Waals surface area contributed by atoms with Gasteiger partial charge in [-0.1, -0.05) is 0 Å². The molecule has 22 heavy (non-hydrogen) atoms. The van der Waals surface area contributed by atoms with E-state index in [9.17, 15) is 9.59 Å². The molecule has 2 heterocycles. The number of carbonyl (C=O) groups excluding carboxylic acids is 2. The van der Waals surface area contributed by atoms with E-state index in [4.69, 9.17) is 8.83 Å². The number of nitrogens with one attached hydrogen (secondary N) is 2. The van der Waals surface area contributed by atoms with Crippen LogP contribution in [0, 0.1) is 13.8 Å². The molecule has 0 aliphatic heterocycles. The second-order valence-electron chi connectivity index (χ2n) is 4.54. The second kappa shape index (κ2) is 7.12. The van der Waals surface area contributed by atoms with E-state index in [2.05, 4.69) is 10.9 Å². The Morgan fingerprint density at radius 2 is 1.23 bits per heavy atom. The first kappa shape index (κ1) is 15.4. The van der Waals surface area contributed by atoms with Crippen LogP contribution in [0.2, 0.25) is 0 Å². The molecule has 6 nitrogen and oxygen atoms in total. The van der Waals surface area contributed by atoms with Gasteiger partial charge in [-0.15, -0.1) is 0 Å². The average molecular weight is 300 g/mol. The van der Waals surface area contributed by atoms with Crippen LogP contribution >= 0.6 is 0 Å². The molecule has 2 N–H and O–H groups in total. The number of furan rings is 2. The highest BCUT2D eigenvalue weighted by atomic mass is 16.3. The van der Waals surface area contributed by atoms with Gasteiger partial charge in [0.2, 0.25) is 0 Å². The van der Waals surface area contributed by atoms with Gasteiger partial charge in [-0.3, -0.25) is 20.4 Å². The van der Waals surface area contributed by atoms with Crippen molar-refractivity contribution in [2.75, 3.05) is 0 Å². The summed E-state index contributed by atoms with van der Waals surface area (Å²) in [6.45, 7) is 3.62. The van der Waals surface area contributed by atoms with Crippen molar-refractivity contribution in [2.24, 2.45) is 0 Å². The molecule has 0 atom stereocenters. The molecule has 2 amide bonds. The van der Waals surface area contributed by atoms with Gasteiger partial charge in [0, 0.05) is 12.2 Å². The lowest BCUT2D eigenvalue weighted by molar-refractivity contribution is -0.123. The Balaban J connectivity index is 1.77. The monoisotopic (exact) mass is 300 g/mol. The van der Waals surface area contributed by atoms with E-state index >= 15 is 0 Å². The SMILES string of the molecule is Cc1ccc(C=CC(=O)NNC(=O)C=Cc2ccc(C)o2)o1. The smallest absolute Gasteiger partial charge is 0.262 e. The van der Waals surface area contributed by atoms with Crippen molar-refractivity contribution in [1.29, 1.82) is 0 Å². The van der Waals surface area contributed by atoms with Gasteiger partial charge in [-0.05, 0) is 50.3 Å². The van der Waals surface area contributed by atoms with Crippen LogP contribution in [0.5, 0.6) is 0 Å². The van der Waals surface area contributed by atoms with E-state index in [0.29, 0.717) is 11.5 Å². The molecule has 114 valence electrons. The summed E-state index contributed by atoms with van der Waals surface area (Å²) in [6, 6.07) is 7.07. The Kier molecular flexibility index (Phi) is 4.98. The summed E-state index contributed by atoms with van der Waals surface area (Å²) in [5.41, 5.74) is 4.50. The largest absolute Gasteiger partial charge is 0.462 e. The van der Waals surface area contributed by atoms with Gasteiger partial charge in [0.15, 0.2) is 0 Å². The summed E-state index contributed by atoms with van der Waals surface area (Å²) < 4.78 is 10.5. The third-order valence-electron chi connectivity index (χ3n) is 2.63. The first-order chi connectivity index (χ1) is 10.5. The van der Waals surface area contributed by atoms with E-state index in [0.717, 1.165) is 11.5 Å². The van der Waals surface area contributed by atoms with Gasteiger partial charge in [0.1, 0.15) is 23.0 Å². The van der Waals surface area contributed by atoms with Crippen molar-refractivity contribution in [2.45, 2.75) is 13.8 Å². The van der Waals surface area contributed by atoms with E-state index in [-0.39, 0.29) is 0 Å². The van der Waals surface area contributed by atoms with E-state index in [1.165, 1.54) is 24.3 Å². The lowest BCUT2D eigenvalue weighted by Crippen LogP contribution is -2.39. The number of carbonyl (C=O) groups is 2. The maximum Gasteiger partial charge on any atom is 0.262 e. The molecule has 0 spiro atoms. The Bertz CT molecular complexity index is 660. The second-order valence-corrected chi connectivity index (χ2v) is 4.54. The van der Waals surface area contributed by atoms with Gasteiger partial charge in [0.25, 0.3) is 11.8 Å². The molecule has 0 radical (unpaired) electrons. The molecule has 0 saturated carbocycles. The summed E-state index contributed by atoms with van der Waals surface area (Å²) in [4.78, 5) is 23.0. The van der Waals surface area contributed by atoms with Gasteiger partial charge >= 0.3 is 0 Å².